The molecule has 8 heteroatoms. The first-order valence-corrected chi connectivity index (χ1v) is 7.89. The summed E-state index contributed by atoms with van der Waals surface area (Å²) >= 11 is 0. The number of nitrogens with two attached hydrogens (primary N) is 2. The van der Waals surface area contributed by atoms with E-state index in [0.29, 0.717) is 17.7 Å². The molecule has 0 amide bonds. The molecule has 2 heterocycles. The monoisotopic (exact) mass is 343 g/mol. The van der Waals surface area contributed by atoms with Crippen LogP contribution in [-0.4, -0.2) is 29.3 Å². The quantitative estimate of drug-likeness (QED) is 0.852. The number of ether oxygens (including phenoxy) is 2. The van der Waals surface area contributed by atoms with Crippen LogP contribution < -0.4 is 11.5 Å². The maximum absolute atomic E-state index is 14.4. The van der Waals surface area contributed by atoms with Crippen molar-refractivity contribution in [3.05, 3.63) is 35.1 Å². The lowest BCUT2D eigenvalue weighted by Crippen LogP contribution is -2.14. The largest absolute Gasteiger partial charge is 0.382 e. The van der Waals surface area contributed by atoms with Crippen LogP contribution in [0.5, 0.6) is 0 Å². The van der Waals surface area contributed by atoms with Crippen molar-refractivity contribution in [2.45, 2.75) is 25.6 Å². The summed E-state index contributed by atoms with van der Waals surface area (Å²) in [6, 6.07) is 6.45. The molecule has 1 aromatic carbocycles. The second-order valence-electron chi connectivity index (χ2n) is 5.76. The molecule has 1 aromatic heterocycles. The van der Waals surface area contributed by atoms with Crippen LogP contribution in [0, 0.1) is 17.1 Å². The molecule has 2 aromatic rings. The van der Waals surface area contributed by atoms with Crippen LogP contribution in [0.2, 0.25) is 0 Å². The minimum absolute atomic E-state index is 0.0330. The molecular weight excluding hydrogens is 325 g/mol. The first-order valence-electron chi connectivity index (χ1n) is 7.89. The van der Waals surface area contributed by atoms with Crippen LogP contribution in [-0.2, 0) is 16.1 Å². The van der Waals surface area contributed by atoms with Gasteiger partial charge in [0.15, 0.2) is 0 Å². The third-order valence-electron chi connectivity index (χ3n) is 3.98. The van der Waals surface area contributed by atoms with Crippen LogP contribution in [0.25, 0.3) is 11.3 Å². The number of nitrogens with zero attached hydrogens (tertiary/aromatic N) is 3. The molecule has 1 atom stereocenters. The molecule has 1 fully saturated rings. The molecule has 0 saturated carbocycles. The van der Waals surface area contributed by atoms with Crippen LogP contribution in [0.15, 0.2) is 18.2 Å². The van der Waals surface area contributed by atoms with E-state index in [9.17, 15) is 9.65 Å². The van der Waals surface area contributed by atoms with Crippen molar-refractivity contribution in [1.29, 1.82) is 5.26 Å². The Morgan fingerprint density at radius 2 is 2.20 bits per heavy atom. The molecule has 0 spiro atoms. The molecule has 7 nitrogen and oxygen atoms in total. The van der Waals surface area contributed by atoms with Crippen LogP contribution in [0.1, 0.15) is 24.0 Å². The Balaban J connectivity index is 1.77. The van der Waals surface area contributed by atoms with Crippen molar-refractivity contribution in [1.82, 2.24) is 9.97 Å². The average Bonchev–Trinajstić information content (AvgIpc) is 3.09. The van der Waals surface area contributed by atoms with Crippen molar-refractivity contribution >= 4 is 11.8 Å². The summed E-state index contributed by atoms with van der Waals surface area (Å²) in [7, 11) is 0. The molecule has 3 rings (SSSR count). The van der Waals surface area contributed by atoms with Crippen LogP contribution in [0.3, 0.4) is 0 Å². The van der Waals surface area contributed by atoms with Gasteiger partial charge in [-0.25, -0.2) is 9.37 Å². The molecule has 25 heavy (non-hydrogen) atoms. The van der Waals surface area contributed by atoms with Crippen molar-refractivity contribution in [2.24, 2.45) is 0 Å². The second-order valence-corrected chi connectivity index (χ2v) is 5.76. The second kappa shape index (κ2) is 7.42. The number of nitrogen functional groups attached to an aromatic ring is 2. The van der Waals surface area contributed by atoms with Crippen molar-refractivity contribution in [3.8, 4) is 17.3 Å². The number of rotatable bonds is 5. The Kier molecular flexibility index (Phi) is 5.07. The highest BCUT2D eigenvalue weighted by molar-refractivity contribution is 5.73. The fourth-order valence-corrected chi connectivity index (χ4v) is 2.70. The fourth-order valence-electron chi connectivity index (χ4n) is 2.70. The molecule has 0 bridgehead atoms. The Labute approximate surface area is 144 Å². The maximum atomic E-state index is 14.4. The third-order valence-corrected chi connectivity index (χ3v) is 3.98. The van der Waals surface area contributed by atoms with E-state index in [1.807, 2.05) is 6.07 Å². The number of benzene rings is 1. The zero-order valence-corrected chi connectivity index (χ0v) is 13.5. The van der Waals surface area contributed by atoms with Gasteiger partial charge in [-0.2, -0.15) is 10.2 Å². The molecule has 0 aliphatic carbocycles. The summed E-state index contributed by atoms with van der Waals surface area (Å²) in [6.07, 6.45) is 2.09. The minimum atomic E-state index is -0.454. The lowest BCUT2D eigenvalue weighted by atomic mass is 10.0. The van der Waals surface area contributed by atoms with Gasteiger partial charge in [0.05, 0.1) is 25.0 Å². The van der Waals surface area contributed by atoms with E-state index >= 15 is 0 Å². The van der Waals surface area contributed by atoms with Gasteiger partial charge in [0.1, 0.15) is 23.3 Å². The Morgan fingerprint density at radius 3 is 2.88 bits per heavy atom. The van der Waals surface area contributed by atoms with Gasteiger partial charge in [0.2, 0.25) is 5.95 Å². The highest BCUT2D eigenvalue weighted by atomic mass is 19.1. The average molecular weight is 343 g/mol. The first-order chi connectivity index (χ1) is 12.1. The highest BCUT2D eigenvalue weighted by Crippen LogP contribution is 2.27. The normalized spacial score (nSPS) is 16.7. The number of aromatic nitrogens is 2. The number of hydrogen-bond donors (Lipinski definition) is 2. The molecule has 1 aliphatic heterocycles. The predicted molar refractivity (Wildman–Crippen MR) is 89.6 cm³/mol. The molecule has 1 saturated heterocycles. The van der Waals surface area contributed by atoms with Crippen LogP contribution >= 0.6 is 0 Å². The molecule has 4 N–H and O–H groups in total. The summed E-state index contributed by atoms with van der Waals surface area (Å²) in [5, 5.41) is 9.22. The van der Waals surface area contributed by atoms with E-state index in [4.69, 9.17) is 20.9 Å². The Bertz CT molecular complexity index is 815. The van der Waals surface area contributed by atoms with Gasteiger partial charge in [-0.1, -0.05) is 12.1 Å². The molecule has 130 valence electrons. The number of anilines is 2. The highest BCUT2D eigenvalue weighted by Gasteiger charge is 2.17. The van der Waals surface area contributed by atoms with Gasteiger partial charge >= 0.3 is 0 Å². The maximum Gasteiger partial charge on any atom is 0.222 e. The Hall–Kier alpha value is -2.76. The van der Waals surface area contributed by atoms with Crippen molar-refractivity contribution < 1.29 is 13.9 Å². The summed E-state index contributed by atoms with van der Waals surface area (Å²) in [5.41, 5.74) is 12.3. The van der Waals surface area contributed by atoms with Gasteiger partial charge in [-0.05, 0) is 18.9 Å². The van der Waals surface area contributed by atoms with Gasteiger partial charge in [0.25, 0.3) is 0 Å². The summed E-state index contributed by atoms with van der Waals surface area (Å²) in [6.45, 7) is 1.34. The molecular formula is C17H18FN5O2. The van der Waals surface area contributed by atoms with Gasteiger partial charge < -0.3 is 20.9 Å². The van der Waals surface area contributed by atoms with Gasteiger partial charge in [0, 0.05) is 17.7 Å². The van der Waals surface area contributed by atoms with Crippen molar-refractivity contribution in [2.75, 3.05) is 24.7 Å². The first kappa shape index (κ1) is 17.1. The van der Waals surface area contributed by atoms with Gasteiger partial charge in [-0.3, -0.25) is 0 Å². The number of nitriles is 1. The van der Waals surface area contributed by atoms with Crippen molar-refractivity contribution in [3.63, 3.8) is 0 Å². The SMILES string of the molecule is N#Cc1c(N)nc(N)nc1-c1ccc(COCC2CCCO2)c(F)c1. The van der Waals surface area contributed by atoms with E-state index in [1.165, 1.54) is 6.07 Å². The molecule has 1 unspecified atom stereocenters. The zero-order chi connectivity index (χ0) is 17.8. The lowest BCUT2D eigenvalue weighted by molar-refractivity contribution is 0.00983. The van der Waals surface area contributed by atoms with E-state index in [2.05, 4.69) is 9.97 Å². The minimum Gasteiger partial charge on any atom is -0.382 e. The topological polar surface area (TPSA) is 120 Å². The molecule has 0 radical (unpaired) electrons. The van der Waals surface area contributed by atoms with Gasteiger partial charge in [-0.15, -0.1) is 0 Å². The smallest absolute Gasteiger partial charge is 0.222 e. The molecule has 1 aliphatic rings. The van der Waals surface area contributed by atoms with E-state index in [0.717, 1.165) is 19.4 Å². The Morgan fingerprint density at radius 1 is 1.36 bits per heavy atom. The number of hydrogen-bond acceptors (Lipinski definition) is 7. The van der Waals surface area contributed by atoms with E-state index in [1.54, 1.807) is 12.1 Å². The van der Waals surface area contributed by atoms with Crippen LogP contribution in [0.4, 0.5) is 16.2 Å². The summed E-state index contributed by atoms with van der Waals surface area (Å²) < 4.78 is 25.4. The predicted octanol–water partition coefficient (Wildman–Crippen LogP) is 2.01. The fraction of sp³-hybridized carbons (Fsp3) is 0.353. The van der Waals surface area contributed by atoms with E-state index in [-0.39, 0.29) is 35.7 Å². The summed E-state index contributed by atoms with van der Waals surface area (Å²) in [4.78, 5) is 7.76. The number of halogens is 1. The summed E-state index contributed by atoms with van der Waals surface area (Å²) in [5.74, 6) is -0.560. The standard InChI is InChI=1S/C17H18FN5O2/c18-14-6-10(15-13(7-19)16(20)23-17(21)22-15)3-4-11(14)8-24-9-12-2-1-5-25-12/h3-4,6,12H,1-2,5,8-9H2,(H4,20,21,22,23). The lowest BCUT2D eigenvalue weighted by Gasteiger charge is -2.11. The zero-order valence-electron chi connectivity index (χ0n) is 13.5. The van der Waals surface area contributed by atoms with E-state index < -0.39 is 5.82 Å². The third kappa shape index (κ3) is 3.84.